The molecule has 0 aromatic carbocycles. The Kier molecular flexibility index (Phi) is 3.49. The van der Waals surface area contributed by atoms with Crippen molar-refractivity contribution in [3.8, 4) is 0 Å². The van der Waals surface area contributed by atoms with Gasteiger partial charge in [-0.1, -0.05) is 0 Å². The van der Waals surface area contributed by atoms with Crippen LogP contribution in [0.4, 0.5) is 0 Å². The fourth-order valence-corrected chi connectivity index (χ4v) is 1.28. The molecule has 0 spiro atoms. The van der Waals surface area contributed by atoms with Crippen molar-refractivity contribution in [1.29, 1.82) is 0 Å². The molecule has 1 rings (SSSR count). The summed E-state index contributed by atoms with van der Waals surface area (Å²) in [6.07, 6.45) is 1.28. The molecule has 0 saturated carbocycles. The number of hydrogen-bond acceptors (Lipinski definition) is 3. The van der Waals surface area contributed by atoms with Crippen LogP contribution in [0.3, 0.4) is 0 Å². The van der Waals surface area contributed by atoms with E-state index < -0.39 is 12.1 Å². The molecular formula is C8H14O4. The summed E-state index contributed by atoms with van der Waals surface area (Å²) >= 11 is 0. The van der Waals surface area contributed by atoms with Crippen molar-refractivity contribution in [2.45, 2.75) is 38.6 Å². The second-order valence-electron chi connectivity index (χ2n) is 2.78. The molecule has 1 fully saturated rings. The van der Waals surface area contributed by atoms with Crippen LogP contribution in [-0.2, 0) is 14.3 Å². The maximum atomic E-state index is 10.5. The second-order valence-corrected chi connectivity index (χ2v) is 2.78. The first-order valence-electron chi connectivity index (χ1n) is 4.24. The molecule has 1 aliphatic rings. The number of rotatable bonds is 3. The number of carboxylic acids is 1. The average Bonchev–Trinajstić information content (AvgIpc) is 2.05. The third-order valence-corrected chi connectivity index (χ3v) is 1.85. The molecule has 1 heterocycles. The van der Waals surface area contributed by atoms with Crippen molar-refractivity contribution in [2.75, 3.05) is 6.61 Å². The van der Waals surface area contributed by atoms with E-state index in [-0.39, 0.29) is 6.29 Å². The molecule has 4 nitrogen and oxygen atoms in total. The minimum Gasteiger partial charge on any atom is -0.479 e. The van der Waals surface area contributed by atoms with Crippen LogP contribution in [0.25, 0.3) is 0 Å². The molecule has 1 saturated heterocycles. The monoisotopic (exact) mass is 174 g/mol. The van der Waals surface area contributed by atoms with E-state index in [0.717, 1.165) is 12.8 Å². The zero-order valence-corrected chi connectivity index (χ0v) is 7.16. The zero-order valence-electron chi connectivity index (χ0n) is 7.16. The third-order valence-electron chi connectivity index (χ3n) is 1.85. The Morgan fingerprint density at radius 2 is 2.42 bits per heavy atom. The van der Waals surface area contributed by atoms with Crippen LogP contribution in [0, 0.1) is 0 Å². The van der Waals surface area contributed by atoms with Gasteiger partial charge in [0, 0.05) is 6.61 Å². The van der Waals surface area contributed by atoms with Crippen LogP contribution < -0.4 is 0 Å². The van der Waals surface area contributed by atoms with E-state index in [1.807, 2.05) is 6.92 Å². The Bertz CT molecular complexity index is 155. The Labute approximate surface area is 71.5 Å². The summed E-state index contributed by atoms with van der Waals surface area (Å²) in [5.41, 5.74) is 0. The van der Waals surface area contributed by atoms with Gasteiger partial charge in [-0.2, -0.15) is 0 Å². The number of carbonyl (C=O) groups is 1. The molecular weight excluding hydrogens is 160 g/mol. The fourth-order valence-electron chi connectivity index (χ4n) is 1.28. The predicted molar refractivity (Wildman–Crippen MR) is 41.8 cm³/mol. The molecule has 0 bridgehead atoms. The molecule has 1 N–H and O–H groups in total. The average molecular weight is 174 g/mol. The van der Waals surface area contributed by atoms with Gasteiger partial charge in [-0.25, -0.2) is 4.79 Å². The lowest BCUT2D eigenvalue weighted by atomic mass is 10.1. The largest absolute Gasteiger partial charge is 0.479 e. The van der Waals surface area contributed by atoms with E-state index in [9.17, 15) is 4.79 Å². The quantitative estimate of drug-likeness (QED) is 0.693. The Balaban J connectivity index is 2.35. The molecule has 12 heavy (non-hydrogen) atoms. The highest BCUT2D eigenvalue weighted by Crippen LogP contribution is 2.19. The first kappa shape index (κ1) is 9.48. The number of carboxylic acid groups (broad SMARTS) is 1. The molecule has 1 aliphatic heterocycles. The number of hydrogen-bond donors (Lipinski definition) is 1. The van der Waals surface area contributed by atoms with E-state index in [0.29, 0.717) is 13.0 Å². The van der Waals surface area contributed by atoms with E-state index in [2.05, 4.69) is 0 Å². The minimum atomic E-state index is -0.889. The van der Waals surface area contributed by atoms with E-state index in [1.165, 1.54) is 0 Å². The highest BCUT2D eigenvalue weighted by molar-refractivity contribution is 5.72. The van der Waals surface area contributed by atoms with Gasteiger partial charge in [0.1, 0.15) is 0 Å². The Morgan fingerprint density at radius 1 is 1.67 bits per heavy atom. The second kappa shape index (κ2) is 4.42. The van der Waals surface area contributed by atoms with Crippen molar-refractivity contribution in [2.24, 2.45) is 0 Å². The van der Waals surface area contributed by atoms with Crippen molar-refractivity contribution in [3.63, 3.8) is 0 Å². The first-order chi connectivity index (χ1) is 5.74. The van der Waals surface area contributed by atoms with Crippen molar-refractivity contribution in [1.82, 2.24) is 0 Å². The van der Waals surface area contributed by atoms with Gasteiger partial charge >= 0.3 is 5.97 Å². The third kappa shape index (κ3) is 2.46. The highest BCUT2D eigenvalue weighted by atomic mass is 16.7. The van der Waals surface area contributed by atoms with Crippen molar-refractivity contribution < 1.29 is 19.4 Å². The van der Waals surface area contributed by atoms with Crippen molar-refractivity contribution >= 4 is 5.97 Å². The molecule has 4 heteroatoms. The molecule has 0 radical (unpaired) electrons. The molecule has 0 aliphatic carbocycles. The van der Waals surface area contributed by atoms with Crippen LogP contribution in [-0.4, -0.2) is 30.1 Å². The van der Waals surface area contributed by atoms with Crippen LogP contribution in [0.15, 0.2) is 0 Å². The maximum Gasteiger partial charge on any atom is 0.332 e. The molecule has 2 atom stereocenters. The van der Waals surface area contributed by atoms with Gasteiger partial charge in [-0.05, 0) is 26.2 Å². The first-order valence-corrected chi connectivity index (χ1v) is 4.24. The van der Waals surface area contributed by atoms with Gasteiger partial charge in [-0.3, -0.25) is 0 Å². The Hall–Kier alpha value is -0.610. The molecule has 0 aromatic heterocycles. The molecule has 0 aromatic rings. The van der Waals surface area contributed by atoms with Crippen LogP contribution in [0.5, 0.6) is 0 Å². The lowest BCUT2D eigenvalue weighted by Crippen LogP contribution is -2.34. The molecule has 0 amide bonds. The van der Waals surface area contributed by atoms with E-state index >= 15 is 0 Å². The van der Waals surface area contributed by atoms with E-state index in [4.69, 9.17) is 14.6 Å². The predicted octanol–water partition coefficient (Wildman–Crippen LogP) is 1.00. The van der Waals surface area contributed by atoms with Gasteiger partial charge in [-0.15, -0.1) is 0 Å². The smallest absolute Gasteiger partial charge is 0.332 e. The summed E-state index contributed by atoms with van der Waals surface area (Å²) < 4.78 is 10.3. The van der Waals surface area contributed by atoms with Crippen LogP contribution in [0.2, 0.25) is 0 Å². The summed E-state index contributed by atoms with van der Waals surface area (Å²) in [4.78, 5) is 10.5. The number of ether oxygens (including phenoxy) is 2. The standard InChI is InChI=1S/C8H14O4/c1-2-11-7-5-3-4-6(12-7)8(9)10/h6-7H,2-5H2,1H3,(H,9,10)/t6-,7-/m0/s1. The van der Waals surface area contributed by atoms with Gasteiger partial charge in [0.05, 0.1) is 0 Å². The molecule has 70 valence electrons. The zero-order chi connectivity index (χ0) is 8.97. The summed E-state index contributed by atoms with van der Waals surface area (Å²) in [6, 6.07) is 0. The SMILES string of the molecule is CCO[C@@H]1CCC[C@@H](C(=O)O)O1. The number of aliphatic carboxylic acids is 1. The highest BCUT2D eigenvalue weighted by Gasteiger charge is 2.27. The van der Waals surface area contributed by atoms with Gasteiger partial charge < -0.3 is 14.6 Å². The normalized spacial score (nSPS) is 30.1. The topological polar surface area (TPSA) is 55.8 Å². The fraction of sp³-hybridized carbons (Fsp3) is 0.875. The van der Waals surface area contributed by atoms with Gasteiger partial charge in [0.25, 0.3) is 0 Å². The van der Waals surface area contributed by atoms with Gasteiger partial charge in [0.2, 0.25) is 0 Å². The summed E-state index contributed by atoms with van der Waals surface area (Å²) in [5.74, 6) is -0.889. The lowest BCUT2D eigenvalue weighted by Gasteiger charge is -2.26. The van der Waals surface area contributed by atoms with Crippen molar-refractivity contribution in [3.05, 3.63) is 0 Å². The van der Waals surface area contributed by atoms with Gasteiger partial charge in [0.15, 0.2) is 12.4 Å². The van der Waals surface area contributed by atoms with Crippen LogP contribution in [0.1, 0.15) is 26.2 Å². The summed E-state index contributed by atoms with van der Waals surface area (Å²) in [5, 5.41) is 8.64. The molecule has 0 unspecified atom stereocenters. The lowest BCUT2D eigenvalue weighted by molar-refractivity contribution is -0.204. The Morgan fingerprint density at radius 3 is 3.00 bits per heavy atom. The summed E-state index contributed by atoms with van der Waals surface area (Å²) in [6.45, 7) is 2.44. The minimum absolute atomic E-state index is 0.315. The van der Waals surface area contributed by atoms with Crippen LogP contribution >= 0.6 is 0 Å². The summed E-state index contributed by atoms with van der Waals surface area (Å²) in [7, 11) is 0. The van der Waals surface area contributed by atoms with E-state index in [1.54, 1.807) is 0 Å². The maximum absolute atomic E-state index is 10.5.